The van der Waals surface area contributed by atoms with Gasteiger partial charge in [-0.2, -0.15) is 5.10 Å². The molecule has 0 bridgehead atoms. The summed E-state index contributed by atoms with van der Waals surface area (Å²) in [5.74, 6) is 0.425. The van der Waals surface area contributed by atoms with Crippen molar-refractivity contribution in [1.29, 1.82) is 0 Å². The van der Waals surface area contributed by atoms with Gasteiger partial charge in [0.05, 0.1) is 23.5 Å². The number of pyridine rings is 1. The van der Waals surface area contributed by atoms with E-state index in [0.29, 0.717) is 5.88 Å². The minimum Gasteiger partial charge on any atom is -0.261 e. The molecule has 0 aliphatic carbocycles. The molecule has 2 aromatic heterocycles. The van der Waals surface area contributed by atoms with Gasteiger partial charge >= 0.3 is 0 Å². The Morgan fingerprint density at radius 1 is 1.43 bits per heavy atom. The van der Waals surface area contributed by atoms with E-state index in [4.69, 9.17) is 11.6 Å². The van der Waals surface area contributed by atoms with Gasteiger partial charge in [-0.15, -0.1) is 11.6 Å². The van der Waals surface area contributed by atoms with Crippen LogP contribution < -0.4 is 0 Å². The van der Waals surface area contributed by atoms with Crippen molar-refractivity contribution in [1.82, 2.24) is 14.8 Å². The molecule has 2 aromatic rings. The van der Waals surface area contributed by atoms with E-state index < -0.39 is 0 Å². The summed E-state index contributed by atoms with van der Waals surface area (Å²) in [6.07, 6.45) is 5.34. The fourth-order valence-electron chi connectivity index (χ4n) is 1.10. The number of aromatic nitrogens is 3. The Labute approximate surface area is 94.9 Å². The molecule has 0 aliphatic rings. The van der Waals surface area contributed by atoms with Crippen molar-refractivity contribution in [3.8, 4) is 5.69 Å². The molecule has 0 saturated carbocycles. The number of rotatable bonds is 2. The van der Waals surface area contributed by atoms with Crippen LogP contribution in [0.5, 0.6) is 0 Å². The minimum absolute atomic E-state index is 0.425. The summed E-state index contributed by atoms with van der Waals surface area (Å²) in [6, 6.07) is 3.83. The van der Waals surface area contributed by atoms with Crippen molar-refractivity contribution in [2.45, 2.75) is 5.88 Å². The van der Waals surface area contributed by atoms with Crippen molar-refractivity contribution in [2.75, 3.05) is 0 Å². The van der Waals surface area contributed by atoms with E-state index in [9.17, 15) is 0 Å². The molecule has 0 fully saturated rings. The van der Waals surface area contributed by atoms with E-state index >= 15 is 0 Å². The van der Waals surface area contributed by atoms with Crippen molar-refractivity contribution in [3.63, 3.8) is 0 Å². The van der Waals surface area contributed by atoms with Crippen LogP contribution in [0.15, 0.2) is 35.2 Å². The van der Waals surface area contributed by atoms with Gasteiger partial charge in [-0.05, 0) is 28.1 Å². The van der Waals surface area contributed by atoms with Gasteiger partial charge in [0.2, 0.25) is 0 Å². The summed E-state index contributed by atoms with van der Waals surface area (Å²) in [4.78, 5) is 4.05. The summed E-state index contributed by atoms with van der Waals surface area (Å²) in [5.41, 5.74) is 1.77. The molecule has 0 spiro atoms. The summed E-state index contributed by atoms with van der Waals surface area (Å²) >= 11 is 9.01. The lowest BCUT2D eigenvalue weighted by atomic mass is 10.4. The third-order valence-electron chi connectivity index (χ3n) is 1.74. The Morgan fingerprint density at radius 2 is 2.29 bits per heavy atom. The molecule has 72 valence electrons. The SMILES string of the molecule is ClCc1ccn(-c2cncc(Br)c2)n1. The number of alkyl halides is 1. The van der Waals surface area contributed by atoms with Gasteiger partial charge in [0.25, 0.3) is 0 Å². The predicted octanol–water partition coefficient (Wildman–Crippen LogP) is 2.77. The summed E-state index contributed by atoms with van der Waals surface area (Å²) in [6.45, 7) is 0. The van der Waals surface area contributed by atoms with Crippen molar-refractivity contribution in [3.05, 3.63) is 40.9 Å². The largest absolute Gasteiger partial charge is 0.261 e. The Balaban J connectivity index is 2.39. The molecular formula is C9H7BrClN3. The lowest BCUT2D eigenvalue weighted by molar-refractivity contribution is 0.852. The Hall–Kier alpha value is -0.870. The zero-order valence-corrected chi connectivity index (χ0v) is 9.53. The highest BCUT2D eigenvalue weighted by Gasteiger charge is 2.00. The van der Waals surface area contributed by atoms with Gasteiger partial charge in [-0.3, -0.25) is 4.98 Å². The normalized spacial score (nSPS) is 10.4. The molecular weight excluding hydrogens is 265 g/mol. The van der Waals surface area contributed by atoms with Crippen molar-refractivity contribution >= 4 is 27.5 Å². The second-order valence-corrected chi connectivity index (χ2v) is 3.93. The molecule has 14 heavy (non-hydrogen) atoms. The van der Waals surface area contributed by atoms with Gasteiger partial charge in [0.1, 0.15) is 0 Å². The van der Waals surface area contributed by atoms with Crippen LogP contribution >= 0.6 is 27.5 Å². The second kappa shape index (κ2) is 4.11. The molecule has 0 amide bonds. The molecule has 0 radical (unpaired) electrons. The molecule has 5 heteroatoms. The average molecular weight is 273 g/mol. The third-order valence-corrected chi connectivity index (χ3v) is 2.44. The standard InChI is InChI=1S/C9H7BrClN3/c10-7-3-9(6-12-5-7)14-2-1-8(4-11)13-14/h1-3,5-6H,4H2. The first-order chi connectivity index (χ1) is 6.79. The first-order valence-electron chi connectivity index (χ1n) is 4.01. The number of hydrogen-bond acceptors (Lipinski definition) is 2. The van der Waals surface area contributed by atoms with Crippen LogP contribution in [0.2, 0.25) is 0 Å². The van der Waals surface area contributed by atoms with Gasteiger partial charge in [0.15, 0.2) is 0 Å². The topological polar surface area (TPSA) is 30.7 Å². The van der Waals surface area contributed by atoms with Crippen LogP contribution in [0.4, 0.5) is 0 Å². The first kappa shape index (κ1) is 9.68. The van der Waals surface area contributed by atoms with Crippen LogP contribution in [-0.2, 0) is 5.88 Å². The van der Waals surface area contributed by atoms with Gasteiger partial charge in [0, 0.05) is 16.9 Å². The van der Waals surface area contributed by atoms with Crippen LogP contribution in [0.1, 0.15) is 5.69 Å². The van der Waals surface area contributed by atoms with Crippen molar-refractivity contribution in [2.24, 2.45) is 0 Å². The molecule has 2 rings (SSSR count). The highest BCUT2D eigenvalue weighted by Crippen LogP contribution is 2.13. The van der Waals surface area contributed by atoms with E-state index in [-0.39, 0.29) is 0 Å². The van der Waals surface area contributed by atoms with Gasteiger partial charge in [-0.25, -0.2) is 4.68 Å². The fourth-order valence-corrected chi connectivity index (χ4v) is 1.60. The molecule has 0 unspecified atom stereocenters. The number of nitrogens with zero attached hydrogens (tertiary/aromatic N) is 3. The lowest BCUT2D eigenvalue weighted by Gasteiger charge is -2.00. The van der Waals surface area contributed by atoms with E-state index in [2.05, 4.69) is 26.0 Å². The molecule has 0 aliphatic heterocycles. The maximum absolute atomic E-state index is 5.66. The lowest BCUT2D eigenvalue weighted by Crippen LogP contribution is -1.96. The van der Waals surface area contributed by atoms with E-state index in [1.807, 2.05) is 18.3 Å². The fraction of sp³-hybridized carbons (Fsp3) is 0.111. The molecule has 0 N–H and O–H groups in total. The molecule has 0 saturated heterocycles. The highest BCUT2D eigenvalue weighted by molar-refractivity contribution is 9.10. The van der Waals surface area contributed by atoms with Crippen LogP contribution in [0.3, 0.4) is 0 Å². The van der Waals surface area contributed by atoms with E-state index in [1.165, 1.54) is 0 Å². The average Bonchev–Trinajstić information content (AvgIpc) is 2.66. The summed E-state index contributed by atoms with van der Waals surface area (Å²) < 4.78 is 2.67. The zero-order valence-electron chi connectivity index (χ0n) is 7.19. The second-order valence-electron chi connectivity index (χ2n) is 2.75. The van der Waals surface area contributed by atoms with Crippen LogP contribution in [-0.4, -0.2) is 14.8 Å². The maximum atomic E-state index is 5.66. The smallest absolute Gasteiger partial charge is 0.0840 e. The molecule has 0 atom stereocenters. The van der Waals surface area contributed by atoms with E-state index in [1.54, 1.807) is 17.1 Å². The third kappa shape index (κ3) is 1.96. The maximum Gasteiger partial charge on any atom is 0.0840 e. The molecule has 2 heterocycles. The van der Waals surface area contributed by atoms with Gasteiger partial charge in [-0.1, -0.05) is 0 Å². The van der Waals surface area contributed by atoms with Crippen molar-refractivity contribution < 1.29 is 0 Å². The summed E-state index contributed by atoms with van der Waals surface area (Å²) in [7, 11) is 0. The Morgan fingerprint density at radius 3 is 2.93 bits per heavy atom. The highest BCUT2D eigenvalue weighted by atomic mass is 79.9. The quantitative estimate of drug-likeness (QED) is 0.787. The number of halogens is 2. The van der Waals surface area contributed by atoms with Crippen LogP contribution in [0.25, 0.3) is 5.69 Å². The zero-order chi connectivity index (χ0) is 9.97. The monoisotopic (exact) mass is 271 g/mol. The molecule has 0 aromatic carbocycles. The Bertz CT molecular complexity index is 441. The van der Waals surface area contributed by atoms with Crippen LogP contribution in [0, 0.1) is 0 Å². The summed E-state index contributed by atoms with van der Waals surface area (Å²) in [5, 5.41) is 4.26. The van der Waals surface area contributed by atoms with Gasteiger partial charge < -0.3 is 0 Å². The van der Waals surface area contributed by atoms with E-state index in [0.717, 1.165) is 15.9 Å². The molecule has 3 nitrogen and oxygen atoms in total. The Kier molecular flexibility index (Phi) is 2.84. The minimum atomic E-state index is 0.425. The first-order valence-corrected chi connectivity index (χ1v) is 5.34. The predicted molar refractivity (Wildman–Crippen MR) is 58.6 cm³/mol. The number of hydrogen-bond donors (Lipinski definition) is 0.